The number of fused-ring (bicyclic) bond motifs is 1. The van der Waals surface area contributed by atoms with E-state index in [2.05, 4.69) is 20.4 Å². The van der Waals surface area contributed by atoms with Gasteiger partial charge in [0.2, 0.25) is 5.91 Å². The highest BCUT2D eigenvalue weighted by Crippen LogP contribution is 2.22. The molecule has 0 unspecified atom stereocenters. The Bertz CT molecular complexity index is 589. The molecule has 1 amide bonds. The van der Waals surface area contributed by atoms with Gasteiger partial charge in [-0.15, -0.1) is 0 Å². The molecule has 0 saturated heterocycles. The number of amides is 1. The fourth-order valence-electron chi connectivity index (χ4n) is 1.71. The molecule has 2 aromatic heterocycles. The Morgan fingerprint density at radius 3 is 2.83 bits per heavy atom. The van der Waals surface area contributed by atoms with Crippen LogP contribution in [0.3, 0.4) is 0 Å². The standard InChI is InChI=1S/C10H15N7O/c1-10(2,9(18)16-12)3-17-5-15-6-7(11)13-4-14-8(6)17/h4-5H,3,12H2,1-2H3,(H,16,18)(H2,11,13,14). The van der Waals surface area contributed by atoms with Gasteiger partial charge in [-0.2, -0.15) is 0 Å². The highest BCUT2D eigenvalue weighted by molar-refractivity contribution is 5.83. The Morgan fingerprint density at radius 1 is 1.44 bits per heavy atom. The smallest absolute Gasteiger partial charge is 0.241 e. The molecule has 96 valence electrons. The number of hydrazine groups is 1. The number of nitrogens with zero attached hydrogens (tertiary/aromatic N) is 4. The molecular formula is C10H15N7O. The number of aromatic nitrogens is 4. The van der Waals surface area contributed by atoms with Crippen LogP contribution in [-0.4, -0.2) is 25.4 Å². The van der Waals surface area contributed by atoms with Gasteiger partial charge in [0, 0.05) is 6.54 Å². The Hall–Kier alpha value is -2.22. The lowest BCUT2D eigenvalue weighted by atomic mass is 9.92. The van der Waals surface area contributed by atoms with Gasteiger partial charge < -0.3 is 10.3 Å². The predicted octanol–water partition coefficient (Wildman–Crippen LogP) is -0.575. The van der Waals surface area contributed by atoms with Crippen molar-refractivity contribution in [1.29, 1.82) is 0 Å². The van der Waals surface area contributed by atoms with Gasteiger partial charge in [-0.3, -0.25) is 10.2 Å². The van der Waals surface area contributed by atoms with Gasteiger partial charge in [0.25, 0.3) is 0 Å². The van der Waals surface area contributed by atoms with Gasteiger partial charge in [-0.1, -0.05) is 0 Å². The lowest BCUT2D eigenvalue weighted by molar-refractivity contribution is -0.130. The summed E-state index contributed by atoms with van der Waals surface area (Å²) in [5, 5.41) is 0. The number of rotatable bonds is 3. The van der Waals surface area contributed by atoms with Crippen molar-refractivity contribution in [3.8, 4) is 0 Å². The van der Waals surface area contributed by atoms with E-state index in [4.69, 9.17) is 11.6 Å². The first-order valence-corrected chi connectivity index (χ1v) is 5.38. The van der Waals surface area contributed by atoms with Gasteiger partial charge in [-0.25, -0.2) is 20.8 Å². The zero-order valence-electron chi connectivity index (χ0n) is 10.2. The first-order valence-electron chi connectivity index (χ1n) is 5.38. The van der Waals surface area contributed by atoms with E-state index in [1.165, 1.54) is 6.33 Å². The molecule has 0 bridgehead atoms. The first-order chi connectivity index (χ1) is 8.45. The second-order valence-electron chi connectivity index (χ2n) is 4.66. The Morgan fingerprint density at radius 2 is 2.17 bits per heavy atom. The zero-order chi connectivity index (χ0) is 13.3. The van der Waals surface area contributed by atoms with Crippen molar-refractivity contribution in [3.63, 3.8) is 0 Å². The summed E-state index contributed by atoms with van der Waals surface area (Å²) in [5.74, 6) is 5.22. The van der Waals surface area contributed by atoms with E-state index in [0.717, 1.165) is 0 Å². The van der Waals surface area contributed by atoms with Crippen molar-refractivity contribution in [2.24, 2.45) is 11.3 Å². The maximum atomic E-state index is 11.6. The largest absolute Gasteiger partial charge is 0.382 e. The molecule has 0 saturated carbocycles. The molecule has 0 aromatic carbocycles. The summed E-state index contributed by atoms with van der Waals surface area (Å²) >= 11 is 0. The van der Waals surface area contributed by atoms with Gasteiger partial charge in [0.15, 0.2) is 11.5 Å². The van der Waals surface area contributed by atoms with Crippen LogP contribution >= 0.6 is 0 Å². The molecule has 18 heavy (non-hydrogen) atoms. The molecule has 0 aliphatic heterocycles. The molecular weight excluding hydrogens is 234 g/mol. The first kappa shape index (κ1) is 12.2. The quantitative estimate of drug-likeness (QED) is 0.380. The highest BCUT2D eigenvalue weighted by atomic mass is 16.2. The van der Waals surface area contributed by atoms with Crippen LogP contribution in [0.15, 0.2) is 12.7 Å². The van der Waals surface area contributed by atoms with Crippen molar-refractivity contribution in [2.45, 2.75) is 20.4 Å². The van der Waals surface area contributed by atoms with Gasteiger partial charge in [0.1, 0.15) is 11.8 Å². The number of imidazole rings is 1. The van der Waals surface area contributed by atoms with E-state index in [0.29, 0.717) is 23.5 Å². The third-order valence-electron chi connectivity index (χ3n) is 2.74. The topological polar surface area (TPSA) is 125 Å². The van der Waals surface area contributed by atoms with E-state index in [1.54, 1.807) is 24.7 Å². The molecule has 0 aliphatic rings. The van der Waals surface area contributed by atoms with Crippen LogP contribution in [0.1, 0.15) is 13.8 Å². The van der Waals surface area contributed by atoms with E-state index in [1.807, 2.05) is 0 Å². The molecule has 0 aliphatic carbocycles. The summed E-state index contributed by atoms with van der Waals surface area (Å²) in [5.41, 5.74) is 8.29. The SMILES string of the molecule is CC(C)(Cn1cnc2c(N)ncnc21)C(=O)NN. The number of nitrogen functional groups attached to an aromatic ring is 1. The minimum absolute atomic E-state index is 0.258. The average molecular weight is 249 g/mol. The summed E-state index contributed by atoms with van der Waals surface area (Å²) in [4.78, 5) is 23.8. The van der Waals surface area contributed by atoms with Crippen LogP contribution in [0.2, 0.25) is 0 Å². The normalized spacial score (nSPS) is 11.7. The summed E-state index contributed by atoms with van der Waals surface area (Å²) in [6.45, 7) is 3.96. The molecule has 5 N–H and O–H groups in total. The summed E-state index contributed by atoms with van der Waals surface area (Å²) in [7, 11) is 0. The molecule has 8 nitrogen and oxygen atoms in total. The number of hydrogen-bond acceptors (Lipinski definition) is 6. The molecule has 0 fully saturated rings. The fraction of sp³-hybridized carbons (Fsp3) is 0.400. The van der Waals surface area contributed by atoms with Crippen molar-refractivity contribution < 1.29 is 4.79 Å². The molecule has 8 heteroatoms. The number of anilines is 1. The monoisotopic (exact) mass is 249 g/mol. The molecule has 0 atom stereocenters. The van der Waals surface area contributed by atoms with Gasteiger partial charge in [0.05, 0.1) is 11.7 Å². The highest BCUT2D eigenvalue weighted by Gasteiger charge is 2.28. The molecule has 0 spiro atoms. The second kappa shape index (κ2) is 4.22. The number of nitrogens with two attached hydrogens (primary N) is 2. The Balaban J connectivity index is 2.39. The number of hydrogen-bond donors (Lipinski definition) is 3. The van der Waals surface area contributed by atoms with Crippen LogP contribution in [0.25, 0.3) is 11.2 Å². The van der Waals surface area contributed by atoms with Crippen LogP contribution in [0.4, 0.5) is 5.82 Å². The van der Waals surface area contributed by atoms with E-state index >= 15 is 0 Å². The summed E-state index contributed by atoms with van der Waals surface area (Å²) < 4.78 is 1.75. The summed E-state index contributed by atoms with van der Waals surface area (Å²) in [6.07, 6.45) is 2.95. The van der Waals surface area contributed by atoms with Crippen LogP contribution in [-0.2, 0) is 11.3 Å². The lowest BCUT2D eigenvalue weighted by Crippen LogP contribution is -2.43. The van der Waals surface area contributed by atoms with Crippen molar-refractivity contribution in [1.82, 2.24) is 24.9 Å². The number of carbonyl (C=O) groups is 1. The van der Waals surface area contributed by atoms with Crippen molar-refractivity contribution >= 4 is 22.9 Å². The van der Waals surface area contributed by atoms with Crippen LogP contribution < -0.4 is 17.0 Å². The van der Waals surface area contributed by atoms with E-state index in [-0.39, 0.29) is 5.91 Å². The minimum atomic E-state index is -0.678. The van der Waals surface area contributed by atoms with E-state index < -0.39 is 5.41 Å². The third kappa shape index (κ3) is 1.97. The molecule has 2 aromatic rings. The third-order valence-corrected chi connectivity index (χ3v) is 2.74. The average Bonchev–Trinajstić information content (AvgIpc) is 2.72. The lowest BCUT2D eigenvalue weighted by Gasteiger charge is -2.22. The summed E-state index contributed by atoms with van der Waals surface area (Å²) in [6, 6.07) is 0. The maximum Gasteiger partial charge on any atom is 0.241 e. The number of nitrogens with one attached hydrogen (secondary N) is 1. The van der Waals surface area contributed by atoms with Crippen LogP contribution in [0.5, 0.6) is 0 Å². The molecule has 2 rings (SSSR count). The predicted molar refractivity (Wildman–Crippen MR) is 65.8 cm³/mol. The maximum absolute atomic E-state index is 11.6. The number of carbonyl (C=O) groups excluding carboxylic acids is 1. The fourth-order valence-corrected chi connectivity index (χ4v) is 1.71. The van der Waals surface area contributed by atoms with Crippen molar-refractivity contribution in [2.75, 3.05) is 5.73 Å². The van der Waals surface area contributed by atoms with Gasteiger partial charge >= 0.3 is 0 Å². The Kier molecular flexibility index (Phi) is 2.87. The molecule has 2 heterocycles. The van der Waals surface area contributed by atoms with Crippen LogP contribution in [0, 0.1) is 5.41 Å². The minimum Gasteiger partial charge on any atom is -0.382 e. The molecule has 0 radical (unpaired) electrons. The second-order valence-corrected chi connectivity index (χ2v) is 4.66. The Labute approximate surface area is 103 Å². The van der Waals surface area contributed by atoms with E-state index in [9.17, 15) is 4.79 Å². The zero-order valence-corrected chi connectivity index (χ0v) is 10.2. The van der Waals surface area contributed by atoms with Gasteiger partial charge in [-0.05, 0) is 13.8 Å². The van der Waals surface area contributed by atoms with Crippen molar-refractivity contribution in [3.05, 3.63) is 12.7 Å².